The van der Waals surface area contributed by atoms with E-state index in [4.69, 9.17) is 0 Å². The zero-order chi connectivity index (χ0) is 12.9. The van der Waals surface area contributed by atoms with Crippen molar-refractivity contribution in [1.29, 1.82) is 0 Å². The Morgan fingerprint density at radius 1 is 1.29 bits per heavy atom. The SMILES string of the molecule is CNc1ncc(Br)c(NC(CO)(CO)CO)n1. The van der Waals surface area contributed by atoms with Gasteiger partial charge in [-0.05, 0) is 15.9 Å². The van der Waals surface area contributed by atoms with Crippen LogP contribution in [0.1, 0.15) is 0 Å². The fourth-order valence-electron chi connectivity index (χ4n) is 1.09. The van der Waals surface area contributed by atoms with Gasteiger partial charge >= 0.3 is 0 Å². The van der Waals surface area contributed by atoms with Gasteiger partial charge in [0.2, 0.25) is 5.95 Å². The Morgan fingerprint density at radius 2 is 1.88 bits per heavy atom. The summed E-state index contributed by atoms with van der Waals surface area (Å²) in [5.74, 6) is 0.764. The quantitative estimate of drug-likeness (QED) is 0.478. The number of nitrogens with zero attached hydrogens (tertiary/aromatic N) is 2. The van der Waals surface area contributed by atoms with E-state index in [1.54, 1.807) is 7.05 Å². The van der Waals surface area contributed by atoms with Crippen LogP contribution in [-0.2, 0) is 0 Å². The van der Waals surface area contributed by atoms with Crippen LogP contribution in [0.25, 0.3) is 0 Å². The average molecular weight is 307 g/mol. The van der Waals surface area contributed by atoms with Crippen LogP contribution >= 0.6 is 15.9 Å². The Labute approximate surface area is 107 Å². The van der Waals surface area contributed by atoms with Gasteiger partial charge in [-0.1, -0.05) is 0 Å². The molecule has 1 rings (SSSR count). The number of hydrogen-bond donors (Lipinski definition) is 5. The minimum atomic E-state index is -1.22. The normalized spacial score (nSPS) is 11.4. The van der Waals surface area contributed by atoms with E-state index in [1.165, 1.54) is 6.20 Å². The summed E-state index contributed by atoms with van der Waals surface area (Å²) >= 11 is 3.24. The number of aliphatic hydroxyl groups excluding tert-OH is 3. The first kappa shape index (κ1) is 14.1. The maximum absolute atomic E-state index is 9.20. The fraction of sp³-hybridized carbons (Fsp3) is 0.556. The summed E-state index contributed by atoms with van der Waals surface area (Å²) in [6, 6.07) is 0. The fourth-order valence-corrected chi connectivity index (χ4v) is 1.39. The lowest BCUT2D eigenvalue weighted by Crippen LogP contribution is -2.49. The van der Waals surface area contributed by atoms with Gasteiger partial charge in [0.05, 0.1) is 24.3 Å². The van der Waals surface area contributed by atoms with Crippen LogP contribution < -0.4 is 10.6 Å². The Bertz CT molecular complexity index is 365. The van der Waals surface area contributed by atoms with Crippen molar-refractivity contribution in [2.75, 3.05) is 37.5 Å². The van der Waals surface area contributed by atoms with Crippen molar-refractivity contribution in [3.05, 3.63) is 10.7 Å². The third-order valence-corrected chi connectivity index (χ3v) is 2.84. The molecule has 1 aromatic rings. The standard InChI is InChI=1S/C9H15BrN4O3/c1-11-8-12-2-6(10)7(13-8)14-9(3-15,4-16)5-17/h2,15-17H,3-5H2,1H3,(H2,11,12,13,14). The molecular formula is C9H15BrN4O3. The van der Waals surface area contributed by atoms with Gasteiger partial charge in [0, 0.05) is 13.2 Å². The summed E-state index contributed by atoms with van der Waals surface area (Å²) in [4.78, 5) is 8.07. The van der Waals surface area contributed by atoms with Crippen molar-refractivity contribution < 1.29 is 15.3 Å². The largest absolute Gasteiger partial charge is 0.394 e. The van der Waals surface area contributed by atoms with Gasteiger partial charge in [0.25, 0.3) is 0 Å². The molecule has 0 fully saturated rings. The molecule has 0 bridgehead atoms. The zero-order valence-corrected chi connectivity index (χ0v) is 10.9. The van der Waals surface area contributed by atoms with Gasteiger partial charge < -0.3 is 26.0 Å². The van der Waals surface area contributed by atoms with Crippen LogP contribution in [0.2, 0.25) is 0 Å². The third-order valence-electron chi connectivity index (χ3n) is 2.26. The second kappa shape index (κ2) is 6.10. The number of halogens is 1. The number of aromatic nitrogens is 2. The summed E-state index contributed by atoms with van der Waals surface area (Å²) in [5, 5.41) is 33.2. The maximum Gasteiger partial charge on any atom is 0.224 e. The van der Waals surface area contributed by atoms with Crippen LogP contribution in [0, 0.1) is 0 Å². The Balaban J connectivity index is 2.99. The summed E-state index contributed by atoms with van der Waals surface area (Å²) < 4.78 is 0.566. The summed E-state index contributed by atoms with van der Waals surface area (Å²) in [6.07, 6.45) is 1.53. The number of aliphatic hydroxyl groups is 3. The van der Waals surface area contributed by atoms with Crippen molar-refractivity contribution in [3.8, 4) is 0 Å². The minimum absolute atomic E-state index is 0.376. The van der Waals surface area contributed by atoms with Gasteiger partial charge in [-0.3, -0.25) is 0 Å². The highest BCUT2D eigenvalue weighted by Gasteiger charge is 2.29. The van der Waals surface area contributed by atoms with Crippen molar-refractivity contribution in [2.24, 2.45) is 0 Å². The van der Waals surface area contributed by atoms with Crippen molar-refractivity contribution in [2.45, 2.75) is 5.54 Å². The topological polar surface area (TPSA) is 111 Å². The monoisotopic (exact) mass is 306 g/mol. The Kier molecular flexibility index (Phi) is 5.06. The number of hydrogen-bond acceptors (Lipinski definition) is 7. The smallest absolute Gasteiger partial charge is 0.224 e. The number of anilines is 2. The van der Waals surface area contributed by atoms with Gasteiger partial charge in [-0.15, -0.1) is 0 Å². The first-order valence-corrected chi connectivity index (χ1v) is 5.71. The molecule has 0 aliphatic heterocycles. The molecule has 0 unspecified atom stereocenters. The predicted molar refractivity (Wildman–Crippen MR) is 66.9 cm³/mol. The first-order valence-electron chi connectivity index (χ1n) is 4.92. The summed E-state index contributed by atoms with van der Waals surface area (Å²) in [7, 11) is 1.67. The second-order valence-electron chi connectivity index (χ2n) is 3.52. The lowest BCUT2D eigenvalue weighted by Gasteiger charge is -2.29. The molecule has 5 N–H and O–H groups in total. The van der Waals surface area contributed by atoms with Gasteiger partial charge in [0.15, 0.2) is 0 Å². The second-order valence-corrected chi connectivity index (χ2v) is 4.37. The number of nitrogens with one attached hydrogen (secondary N) is 2. The van der Waals surface area contributed by atoms with Crippen LogP contribution in [0.5, 0.6) is 0 Å². The molecule has 0 aliphatic carbocycles. The van der Waals surface area contributed by atoms with E-state index in [0.717, 1.165) is 0 Å². The molecule has 0 aliphatic rings. The maximum atomic E-state index is 9.20. The Morgan fingerprint density at radius 3 is 2.35 bits per heavy atom. The molecule has 0 saturated carbocycles. The van der Waals surface area contributed by atoms with Crippen molar-refractivity contribution >= 4 is 27.7 Å². The molecule has 0 amide bonds. The molecule has 0 saturated heterocycles. The molecule has 8 heteroatoms. The molecule has 0 atom stereocenters. The predicted octanol–water partition coefficient (Wildman–Crippen LogP) is -0.592. The van der Waals surface area contributed by atoms with E-state index in [9.17, 15) is 15.3 Å². The highest BCUT2D eigenvalue weighted by Crippen LogP contribution is 2.23. The minimum Gasteiger partial charge on any atom is -0.394 e. The van der Waals surface area contributed by atoms with E-state index in [1.807, 2.05) is 0 Å². The van der Waals surface area contributed by atoms with E-state index in [2.05, 4.69) is 36.5 Å². The van der Waals surface area contributed by atoms with Gasteiger partial charge in [0.1, 0.15) is 11.4 Å². The van der Waals surface area contributed by atoms with Gasteiger partial charge in [-0.2, -0.15) is 4.98 Å². The van der Waals surface area contributed by atoms with Gasteiger partial charge in [-0.25, -0.2) is 4.98 Å². The van der Waals surface area contributed by atoms with E-state index in [-0.39, 0.29) is 0 Å². The molecule has 7 nitrogen and oxygen atoms in total. The molecule has 0 radical (unpaired) electrons. The average Bonchev–Trinajstić information content (AvgIpc) is 2.38. The molecule has 17 heavy (non-hydrogen) atoms. The van der Waals surface area contributed by atoms with Crippen LogP contribution in [0.15, 0.2) is 10.7 Å². The molecule has 1 aromatic heterocycles. The molecule has 96 valence electrons. The summed E-state index contributed by atoms with van der Waals surface area (Å²) in [6.45, 7) is -1.28. The highest BCUT2D eigenvalue weighted by molar-refractivity contribution is 9.10. The van der Waals surface area contributed by atoms with E-state index in [0.29, 0.717) is 16.2 Å². The zero-order valence-electron chi connectivity index (χ0n) is 9.31. The lowest BCUT2D eigenvalue weighted by molar-refractivity contribution is 0.0830. The van der Waals surface area contributed by atoms with E-state index >= 15 is 0 Å². The molecular weight excluding hydrogens is 292 g/mol. The molecule has 0 spiro atoms. The third kappa shape index (κ3) is 3.25. The number of rotatable bonds is 6. The van der Waals surface area contributed by atoms with Crippen LogP contribution in [-0.4, -0.2) is 57.7 Å². The Hall–Kier alpha value is -0.960. The van der Waals surface area contributed by atoms with Crippen molar-refractivity contribution in [3.63, 3.8) is 0 Å². The van der Waals surface area contributed by atoms with Crippen LogP contribution in [0.3, 0.4) is 0 Å². The molecule has 1 heterocycles. The van der Waals surface area contributed by atoms with Crippen LogP contribution in [0.4, 0.5) is 11.8 Å². The van der Waals surface area contributed by atoms with E-state index < -0.39 is 25.4 Å². The summed E-state index contributed by atoms with van der Waals surface area (Å²) in [5.41, 5.74) is -1.22. The molecule has 0 aromatic carbocycles. The van der Waals surface area contributed by atoms with Crippen molar-refractivity contribution in [1.82, 2.24) is 9.97 Å². The highest BCUT2D eigenvalue weighted by atomic mass is 79.9. The first-order chi connectivity index (χ1) is 8.10. The lowest BCUT2D eigenvalue weighted by atomic mass is 10.0.